The first-order chi connectivity index (χ1) is 14.8. The number of hydrogen-bond donors (Lipinski definition) is 3. The minimum Gasteiger partial charge on any atom is -0.481 e. The van der Waals surface area contributed by atoms with Crippen LogP contribution < -0.4 is 5.73 Å². The summed E-state index contributed by atoms with van der Waals surface area (Å²) in [7, 11) is 4.20. The quantitative estimate of drug-likeness (QED) is 0.606. The van der Waals surface area contributed by atoms with Crippen LogP contribution in [-0.4, -0.2) is 53.7 Å². The number of halogens is 1. The molecule has 0 aromatic heterocycles. The molecule has 0 radical (unpaired) electrons. The molecule has 0 aliphatic heterocycles. The highest BCUT2D eigenvalue weighted by atomic mass is 19.1. The molecule has 7 heteroatoms. The van der Waals surface area contributed by atoms with Gasteiger partial charge in [-0.2, -0.15) is 0 Å². The summed E-state index contributed by atoms with van der Waals surface area (Å²) >= 11 is 0. The number of carbonyl (C=O) groups is 2. The van der Waals surface area contributed by atoms with Crippen molar-refractivity contribution >= 4 is 11.9 Å². The van der Waals surface area contributed by atoms with E-state index in [2.05, 4.69) is 19.0 Å². The van der Waals surface area contributed by atoms with Gasteiger partial charge in [0, 0.05) is 6.54 Å². The molecule has 2 aliphatic carbocycles. The van der Waals surface area contributed by atoms with Crippen LogP contribution in [-0.2, 0) is 16.0 Å². The number of carboxylic acids is 2. The summed E-state index contributed by atoms with van der Waals surface area (Å²) in [5.41, 5.74) is 6.77. The van der Waals surface area contributed by atoms with Crippen LogP contribution in [0.3, 0.4) is 0 Å². The lowest BCUT2D eigenvalue weighted by atomic mass is 9.69. The largest absolute Gasteiger partial charge is 0.481 e. The molecule has 0 amide bonds. The Morgan fingerprint density at radius 2 is 1.78 bits per heavy atom. The molecule has 0 heterocycles. The Kier molecular flexibility index (Phi) is 8.82. The Morgan fingerprint density at radius 3 is 2.31 bits per heavy atom. The third kappa shape index (κ3) is 7.27. The zero-order valence-corrected chi connectivity index (χ0v) is 20.0. The van der Waals surface area contributed by atoms with Gasteiger partial charge in [-0.25, -0.2) is 4.39 Å². The zero-order chi connectivity index (χ0) is 24.2. The summed E-state index contributed by atoms with van der Waals surface area (Å²) in [5, 5.41) is 17.3. The van der Waals surface area contributed by atoms with Crippen LogP contribution in [0.4, 0.5) is 4.39 Å². The molecular formula is C25H39FN2O4. The minimum atomic E-state index is -1.05. The molecule has 4 N–H and O–H groups in total. The number of nitrogens with two attached hydrogens (primary N) is 1. The molecule has 4 unspecified atom stereocenters. The van der Waals surface area contributed by atoms with Gasteiger partial charge in [0.25, 0.3) is 0 Å². The van der Waals surface area contributed by atoms with E-state index in [-0.39, 0.29) is 12.2 Å². The molecule has 0 spiro atoms. The predicted octanol–water partition coefficient (Wildman–Crippen LogP) is 3.98. The van der Waals surface area contributed by atoms with Crippen molar-refractivity contribution in [3.05, 3.63) is 35.1 Å². The minimum absolute atomic E-state index is 0.165. The molecule has 32 heavy (non-hydrogen) atoms. The molecular weight excluding hydrogens is 411 g/mol. The monoisotopic (exact) mass is 450 g/mol. The lowest BCUT2D eigenvalue weighted by Crippen LogP contribution is -2.35. The molecule has 2 bridgehead atoms. The van der Waals surface area contributed by atoms with E-state index in [9.17, 15) is 14.0 Å². The Morgan fingerprint density at radius 1 is 1.16 bits per heavy atom. The molecule has 2 saturated carbocycles. The summed E-state index contributed by atoms with van der Waals surface area (Å²) < 4.78 is 14.2. The van der Waals surface area contributed by atoms with Gasteiger partial charge in [-0.15, -0.1) is 0 Å². The second kappa shape index (κ2) is 10.8. The molecule has 1 aromatic rings. The average Bonchev–Trinajstić information content (AvgIpc) is 3.05. The van der Waals surface area contributed by atoms with Crippen molar-refractivity contribution in [3.8, 4) is 0 Å². The van der Waals surface area contributed by atoms with E-state index >= 15 is 0 Å². The van der Waals surface area contributed by atoms with Gasteiger partial charge in [0.15, 0.2) is 0 Å². The fourth-order valence-electron chi connectivity index (χ4n) is 5.01. The van der Waals surface area contributed by atoms with Crippen LogP contribution in [0.1, 0.15) is 63.5 Å². The fourth-order valence-corrected chi connectivity index (χ4v) is 5.01. The summed E-state index contributed by atoms with van der Waals surface area (Å²) in [6.07, 6.45) is 5.16. The lowest BCUT2D eigenvalue weighted by molar-refractivity contribution is -0.145. The number of benzene rings is 1. The molecule has 5 atom stereocenters. The first-order valence-electron chi connectivity index (χ1n) is 11.4. The van der Waals surface area contributed by atoms with Gasteiger partial charge >= 0.3 is 11.9 Å². The number of fused-ring (bicyclic) bond motifs is 2. The van der Waals surface area contributed by atoms with Gasteiger partial charge in [-0.05, 0) is 107 Å². The Bertz CT molecular complexity index is 806. The van der Waals surface area contributed by atoms with Crippen molar-refractivity contribution in [1.29, 1.82) is 0 Å². The first-order valence-corrected chi connectivity index (χ1v) is 11.4. The van der Waals surface area contributed by atoms with E-state index in [1.807, 2.05) is 6.07 Å². The second-order valence-electron chi connectivity index (χ2n) is 10.8. The van der Waals surface area contributed by atoms with Crippen molar-refractivity contribution < 1.29 is 24.2 Å². The normalized spacial score (nSPS) is 25.8. The predicted molar refractivity (Wildman–Crippen MR) is 123 cm³/mol. The van der Waals surface area contributed by atoms with Crippen molar-refractivity contribution in [3.63, 3.8) is 0 Å². The fraction of sp³-hybridized carbons (Fsp3) is 0.680. The van der Waals surface area contributed by atoms with Crippen molar-refractivity contribution in [2.24, 2.45) is 28.9 Å². The van der Waals surface area contributed by atoms with Crippen molar-refractivity contribution in [2.75, 3.05) is 20.6 Å². The number of rotatable bonds is 6. The smallest absolute Gasteiger partial charge is 0.320 e. The maximum atomic E-state index is 14.2. The third-order valence-electron chi connectivity index (χ3n) is 6.69. The van der Waals surface area contributed by atoms with Crippen LogP contribution in [0.2, 0.25) is 0 Å². The molecule has 180 valence electrons. The Labute approximate surface area is 191 Å². The number of hydrogen-bond acceptors (Lipinski definition) is 4. The average molecular weight is 451 g/mol. The topological polar surface area (TPSA) is 104 Å². The van der Waals surface area contributed by atoms with Crippen molar-refractivity contribution in [2.45, 2.75) is 64.8 Å². The standard InChI is InChI=1S/C20H29FN2O2.C5H10O2/c1-23(2)11-18-14-4-3-12(5-14)8-17(18)15-6-13(7-16(21)10-15)9-19(22)20(24)25;1-5(2,3)4(6)7/h6-7,10,12,14,17-19H,3-5,8-9,11,22H2,1-2H3,(H,24,25);1-3H3,(H,6,7)/t12?,14?,17?,18?,19-;/m0./s1. The highest BCUT2D eigenvalue weighted by Crippen LogP contribution is 2.52. The lowest BCUT2D eigenvalue weighted by Gasteiger charge is -2.39. The van der Waals surface area contributed by atoms with E-state index in [1.54, 1.807) is 26.8 Å². The van der Waals surface area contributed by atoms with Crippen LogP contribution in [0.25, 0.3) is 0 Å². The maximum Gasteiger partial charge on any atom is 0.320 e. The first kappa shape index (κ1) is 26.3. The van der Waals surface area contributed by atoms with E-state index < -0.39 is 23.4 Å². The van der Waals surface area contributed by atoms with Gasteiger partial charge in [0.1, 0.15) is 11.9 Å². The van der Waals surface area contributed by atoms with Crippen LogP contribution >= 0.6 is 0 Å². The zero-order valence-electron chi connectivity index (χ0n) is 20.0. The van der Waals surface area contributed by atoms with Gasteiger partial charge in [-0.1, -0.05) is 12.5 Å². The molecule has 2 fully saturated rings. The summed E-state index contributed by atoms with van der Waals surface area (Å²) in [6, 6.07) is 4.07. The maximum absolute atomic E-state index is 14.2. The molecule has 0 saturated heterocycles. The van der Waals surface area contributed by atoms with Gasteiger partial charge in [0.2, 0.25) is 0 Å². The number of aliphatic carboxylic acids is 2. The SMILES string of the molecule is CC(C)(C)C(=O)O.CN(C)CC1C2CCC(C2)CC1c1cc(F)cc(C[C@H](N)C(=O)O)c1. The second-order valence-corrected chi connectivity index (χ2v) is 10.8. The van der Waals surface area contributed by atoms with Gasteiger partial charge < -0.3 is 20.8 Å². The molecule has 2 aliphatic rings. The molecule has 6 nitrogen and oxygen atoms in total. The Balaban J connectivity index is 0.000000451. The van der Waals surface area contributed by atoms with Crippen LogP contribution in [0.5, 0.6) is 0 Å². The van der Waals surface area contributed by atoms with E-state index in [1.165, 1.54) is 25.3 Å². The summed E-state index contributed by atoms with van der Waals surface area (Å²) in [4.78, 5) is 23.3. The van der Waals surface area contributed by atoms with E-state index in [0.717, 1.165) is 30.4 Å². The highest BCUT2D eigenvalue weighted by Gasteiger charge is 2.42. The van der Waals surface area contributed by atoms with Gasteiger partial charge in [0.05, 0.1) is 5.41 Å². The number of carboxylic acid groups (broad SMARTS) is 2. The van der Waals surface area contributed by atoms with E-state index in [0.29, 0.717) is 17.4 Å². The molecule has 1 aromatic carbocycles. The highest BCUT2D eigenvalue weighted by molar-refractivity contribution is 5.73. The van der Waals surface area contributed by atoms with Gasteiger partial charge in [-0.3, -0.25) is 9.59 Å². The summed E-state index contributed by atoms with van der Waals surface area (Å²) in [6.45, 7) is 6.00. The van der Waals surface area contributed by atoms with Crippen LogP contribution in [0.15, 0.2) is 18.2 Å². The van der Waals surface area contributed by atoms with Crippen molar-refractivity contribution in [1.82, 2.24) is 4.90 Å². The Hall–Kier alpha value is -1.99. The van der Waals surface area contributed by atoms with Crippen LogP contribution in [0, 0.1) is 29.0 Å². The summed E-state index contributed by atoms with van der Waals surface area (Å²) in [5.74, 6) is 0.271. The number of nitrogens with zero attached hydrogens (tertiary/aromatic N) is 1. The molecule has 3 rings (SSSR count). The van der Waals surface area contributed by atoms with E-state index in [4.69, 9.17) is 15.9 Å². The third-order valence-corrected chi connectivity index (χ3v) is 6.69.